The van der Waals surface area contributed by atoms with Gasteiger partial charge in [-0.15, -0.1) is 21.5 Å². The van der Waals surface area contributed by atoms with Gasteiger partial charge in [0.1, 0.15) is 5.00 Å². The number of carbonyl (C=O) groups is 3. The molecular weight excluding hydrogens is 534 g/mol. The first kappa shape index (κ1) is 28.8. The zero-order valence-electron chi connectivity index (χ0n) is 22.6. The number of fused-ring (bicyclic) bond motifs is 1. The molecule has 11 heteroatoms. The van der Waals surface area contributed by atoms with Crippen LogP contribution in [0.4, 0.5) is 5.00 Å². The minimum Gasteiger partial charge on any atom is -0.462 e. The second-order valence-corrected chi connectivity index (χ2v) is 11.8. The third kappa shape index (κ3) is 7.27. The van der Waals surface area contributed by atoms with Gasteiger partial charge in [-0.05, 0) is 50.7 Å². The number of anilines is 1. The van der Waals surface area contributed by atoms with Crippen molar-refractivity contribution in [2.24, 2.45) is 0 Å². The summed E-state index contributed by atoms with van der Waals surface area (Å²) in [4.78, 5) is 39.5. The molecule has 1 aliphatic carbocycles. The maximum absolute atomic E-state index is 13.2. The molecule has 1 atom stereocenters. The van der Waals surface area contributed by atoms with Crippen LogP contribution < -0.4 is 10.6 Å². The number of carbonyl (C=O) groups excluding carboxylic acids is 3. The van der Waals surface area contributed by atoms with Gasteiger partial charge in [-0.25, -0.2) is 4.79 Å². The number of amides is 2. The van der Waals surface area contributed by atoms with Crippen molar-refractivity contribution in [2.45, 2.75) is 82.8 Å². The number of hydrogen-bond donors (Lipinski definition) is 2. The van der Waals surface area contributed by atoms with Gasteiger partial charge in [-0.1, -0.05) is 55.4 Å². The second kappa shape index (κ2) is 13.7. The van der Waals surface area contributed by atoms with Crippen molar-refractivity contribution in [1.82, 2.24) is 20.1 Å². The van der Waals surface area contributed by atoms with Crippen LogP contribution in [0.2, 0.25) is 0 Å². The number of nitrogens with zero attached hydrogens (tertiary/aromatic N) is 3. The lowest BCUT2D eigenvalue weighted by molar-refractivity contribution is -0.120. The molecule has 0 spiro atoms. The van der Waals surface area contributed by atoms with E-state index in [2.05, 4.69) is 27.8 Å². The average Bonchev–Trinajstić information content (AvgIpc) is 3.61. The summed E-state index contributed by atoms with van der Waals surface area (Å²) in [5.41, 5.74) is 2.45. The van der Waals surface area contributed by atoms with Crippen LogP contribution in [-0.2, 0) is 46.7 Å². The van der Waals surface area contributed by atoms with Crippen LogP contribution in [0.5, 0.6) is 0 Å². The number of aromatic nitrogens is 3. The topological polar surface area (TPSA) is 115 Å². The molecule has 2 heterocycles. The minimum absolute atomic E-state index is 0.0894. The first-order valence-electron chi connectivity index (χ1n) is 13.4. The Labute approximate surface area is 237 Å². The van der Waals surface area contributed by atoms with Gasteiger partial charge in [0.15, 0.2) is 11.0 Å². The normalized spacial score (nSPS) is 13.1. The number of ether oxygens (including phenoxy) is 1. The van der Waals surface area contributed by atoms with Crippen LogP contribution in [0.1, 0.15) is 72.2 Å². The van der Waals surface area contributed by atoms with Crippen LogP contribution in [0.15, 0.2) is 35.5 Å². The summed E-state index contributed by atoms with van der Waals surface area (Å²) in [6.07, 6.45) is 4.95. The van der Waals surface area contributed by atoms with Crippen molar-refractivity contribution in [3.8, 4) is 0 Å². The highest BCUT2D eigenvalue weighted by Crippen LogP contribution is 2.40. The molecule has 3 aromatic rings. The van der Waals surface area contributed by atoms with Crippen molar-refractivity contribution in [3.05, 3.63) is 57.7 Å². The predicted octanol–water partition coefficient (Wildman–Crippen LogP) is 4.78. The lowest BCUT2D eigenvalue weighted by Crippen LogP contribution is -2.26. The summed E-state index contributed by atoms with van der Waals surface area (Å²) in [6, 6.07) is 9.58. The fourth-order valence-electron chi connectivity index (χ4n) is 4.44. The number of unbranched alkanes of at least 4 members (excludes halogenated alkanes) is 1. The molecule has 0 saturated carbocycles. The van der Waals surface area contributed by atoms with Crippen molar-refractivity contribution >= 4 is 45.9 Å². The van der Waals surface area contributed by atoms with E-state index in [1.165, 1.54) is 23.1 Å². The molecule has 1 aliphatic rings. The number of nitrogens with one attached hydrogen (secondary N) is 2. The molecule has 208 valence electrons. The lowest BCUT2D eigenvalue weighted by Gasteiger charge is -2.14. The monoisotopic (exact) mass is 569 g/mol. The third-order valence-electron chi connectivity index (χ3n) is 6.47. The molecule has 2 amide bonds. The number of rotatable bonds is 13. The molecule has 0 bridgehead atoms. The van der Waals surface area contributed by atoms with Crippen molar-refractivity contribution in [1.29, 1.82) is 0 Å². The SMILES string of the molecule is CCCCn1c(CNC(=O)Cc2ccccc2)nnc1S[C@@H](C)C(=O)Nc1sc2c(c1C(=O)OCC)CCC2. The highest BCUT2D eigenvalue weighted by molar-refractivity contribution is 8.00. The Morgan fingerprint density at radius 2 is 1.95 bits per heavy atom. The molecule has 4 rings (SSSR count). The molecule has 2 aromatic heterocycles. The van der Waals surface area contributed by atoms with E-state index >= 15 is 0 Å². The second-order valence-electron chi connectivity index (χ2n) is 9.37. The Morgan fingerprint density at radius 1 is 1.15 bits per heavy atom. The van der Waals surface area contributed by atoms with E-state index in [1.807, 2.05) is 41.8 Å². The Hall–Kier alpha value is -3.18. The van der Waals surface area contributed by atoms with Crippen molar-refractivity contribution in [2.75, 3.05) is 11.9 Å². The van der Waals surface area contributed by atoms with E-state index in [-0.39, 0.29) is 30.9 Å². The maximum atomic E-state index is 13.2. The Balaban J connectivity index is 1.42. The summed E-state index contributed by atoms with van der Waals surface area (Å²) in [5.74, 6) is -0.0355. The van der Waals surface area contributed by atoms with Crippen LogP contribution in [0.3, 0.4) is 0 Å². The minimum atomic E-state index is -0.484. The van der Waals surface area contributed by atoms with Gasteiger partial charge in [0.05, 0.1) is 30.4 Å². The predicted molar refractivity (Wildman–Crippen MR) is 153 cm³/mol. The highest BCUT2D eigenvalue weighted by Gasteiger charge is 2.29. The van der Waals surface area contributed by atoms with Crippen LogP contribution in [0, 0.1) is 0 Å². The van der Waals surface area contributed by atoms with E-state index in [0.717, 1.165) is 48.1 Å². The van der Waals surface area contributed by atoms with E-state index in [1.54, 1.807) is 6.92 Å². The smallest absolute Gasteiger partial charge is 0.341 e. The Morgan fingerprint density at radius 3 is 2.69 bits per heavy atom. The number of aryl methyl sites for hydroxylation is 1. The lowest BCUT2D eigenvalue weighted by atomic mass is 10.1. The van der Waals surface area contributed by atoms with Crippen LogP contribution >= 0.6 is 23.1 Å². The number of thiophene rings is 1. The molecule has 0 saturated heterocycles. The molecule has 0 radical (unpaired) electrons. The number of esters is 1. The van der Waals surface area contributed by atoms with Gasteiger partial charge in [-0.3, -0.25) is 9.59 Å². The molecule has 9 nitrogen and oxygen atoms in total. The molecule has 0 aliphatic heterocycles. The summed E-state index contributed by atoms with van der Waals surface area (Å²) < 4.78 is 7.26. The Bertz CT molecular complexity index is 1300. The molecule has 0 fully saturated rings. The van der Waals surface area contributed by atoms with Crippen LogP contribution in [-0.4, -0.2) is 44.4 Å². The molecule has 2 N–H and O–H groups in total. The summed E-state index contributed by atoms with van der Waals surface area (Å²) >= 11 is 2.78. The highest BCUT2D eigenvalue weighted by atomic mass is 32.2. The van der Waals surface area contributed by atoms with Gasteiger partial charge in [0, 0.05) is 11.4 Å². The van der Waals surface area contributed by atoms with E-state index in [9.17, 15) is 14.4 Å². The maximum Gasteiger partial charge on any atom is 0.341 e. The van der Waals surface area contributed by atoms with Crippen molar-refractivity contribution in [3.63, 3.8) is 0 Å². The number of thioether (sulfide) groups is 1. The molecule has 0 unspecified atom stereocenters. The van der Waals surface area contributed by atoms with Crippen molar-refractivity contribution < 1.29 is 19.1 Å². The number of benzene rings is 1. The van der Waals surface area contributed by atoms with Crippen LogP contribution in [0.25, 0.3) is 0 Å². The fraction of sp³-hybridized carbons (Fsp3) is 0.464. The average molecular weight is 570 g/mol. The van der Waals surface area contributed by atoms with Gasteiger partial charge in [0.25, 0.3) is 0 Å². The third-order valence-corrected chi connectivity index (χ3v) is 8.76. The summed E-state index contributed by atoms with van der Waals surface area (Å²) in [7, 11) is 0. The standard InChI is InChI=1S/C28H35N5O4S2/c1-4-6-15-33-22(17-29-23(34)16-19-11-8-7-9-12-19)31-32-28(33)38-18(3)25(35)30-26-24(27(36)37-5-2)20-13-10-14-21(20)39-26/h7-9,11-12,18H,4-6,10,13-17H2,1-3H3,(H,29,34)(H,30,35)/t18-/m0/s1. The fourth-order valence-corrected chi connectivity index (χ4v) is 6.61. The van der Waals surface area contributed by atoms with Gasteiger partial charge >= 0.3 is 5.97 Å². The first-order chi connectivity index (χ1) is 18.9. The zero-order chi connectivity index (χ0) is 27.8. The Kier molecular flexibility index (Phi) is 10.2. The summed E-state index contributed by atoms with van der Waals surface area (Å²) in [5, 5.41) is 15.3. The van der Waals surface area contributed by atoms with E-state index in [0.29, 0.717) is 34.5 Å². The first-order valence-corrected chi connectivity index (χ1v) is 15.1. The molecule has 39 heavy (non-hydrogen) atoms. The summed E-state index contributed by atoms with van der Waals surface area (Å²) in [6.45, 7) is 6.92. The molecule has 1 aromatic carbocycles. The zero-order valence-corrected chi connectivity index (χ0v) is 24.3. The number of hydrogen-bond acceptors (Lipinski definition) is 8. The molecular formula is C28H35N5O4S2. The van der Waals surface area contributed by atoms with E-state index < -0.39 is 5.25 Å². The largest absolute Gasteiger partial charge is 0.462 e. The van der Waals surface area contributed by atoms with Gasteiger partial charge in [0.2, 0.25) is 11.8 Å². The quantitative estimate of drug-likeness (QED) is 0.225. The van der Waals surface area contributed by atoms with Gasteiger partial charge in [-0.2, -0.15) is 0 Å². The van der Waals surface area contributed by atoms with Gasteiger partial charge < -0.3 is 19.9 Å². The van der Waals surface area contributed by atoms with E-state index in [4.69, 9.17) is 4.74 Å².